The highest BCUT2D eigenvalue weighted by Gasteiger charge is 2.27. The summed E-state index contributed by atoms with van der Waals surface area (Å²) < 4.78 is 5.04. The number of carbonyl (C=O) groups excluding carboxylic acids is 2. The van der Waals surface area contributed by atoms with Crippen molar-refractivity contribution in [1.82, 2.24) is 5.32 Å². The highest BCUT2D eigenvalue weighted by Crippen LogP contribution is 2.25. The van der Waals surface area contributed by atoms with Crippen LogP contribution in [0.4, 0.5) is 0 Å². The molecule has 1 aliphatic rings. The number of ether oxygens (including phenoxy) is 1. The SMILES string of the molecule is CCOC(=O)C1CCC(NC(=O)CCCC(C)N)CC1. The summed E-state index contributed by atoms with van der Waals surface area (Å²) >= 11 is 0. The summed E-state index contributed by atoms with van der Waals surface area (Å²) in [6.07, 6.45) is 5.60. The first-order chi connectivity index (χ1) is 9.52. The molecule has 0 aliphatic heterocycles. The van der Waals surface area contributed by atoms with Gasteiger partial charge < -0.3 is 15.8 Å². The van der Waals surface area contributed by atoms with Gasteiger partial charge in [0.15, 0.2) is 0 Å². The molecular weight excluding hydrogens is 256 g/mol. The van der Waals surface area contributed by atoms with Crippen molar-refractivity contribution in [2.45, 2.75) is 70.9 Å². The molecule has 0 heterocycles. The van der Waals surface area contributed by atoms with Gasteiger partial charge in [0.2, 0.25) is 5.91 Å². The van der Waals surface area contributed by atoms with Crippen LogP contribution < -0.4 is 11.1 Å². The fraction of sp³-hybridized carbons (Fsp3) is 0.867. The highest BCUT2D eigenvalue weighted by atomic mass is 16.5. The molecule has 1 fully saturated rings. The Balaban J connectivity index is 2.18. The second-order valence-electron chi connectivity index (χ2n) is 5.74. The molecule has 116 valence electrons. The molecule has 0 aromatic carbocycles. The van der Waals surface area contributed by atoms with E-state index < -0.39 is 0 Å². The predicted octanol–water partition coefficient (Wildman–Crippen LogP) is 1.74. The van der Waals surface area contributed by atoms with Crippen molar-refractivity contribution < 1.29 is 14.3 Å². The van der Waals surface area contributed by atoms with Crippen molar-refractivity contribution in [1.29, 1.82) is 0 Å². The Labute approximate surface area is 121 Å². The lowest BCUT2D eigenvalue weighted by Gasteiger charge is -2.27. The van der Waals surface area contributed by atoms with Crippen LogP contribution in [-0.2, 0) is 14.3 Å². The topological polar surface area (TPSA) is 81.4 Å². The minimum atomic E-state index is -0.0887. The molecule has 1 atom stereocenters. The van der Waals surface area contributed by atoms with Crippen LogP contribution in [0.1, 0.15) is 58.8 Å². The number of nitrogens with two attached hydrogens (primary N) is 1. The first kappa shape index (κ1) is 17.0. The first-order valence-corrected chi connectivity index (χ1v) is 7.74. The molecule has 0 aromatic rings. The maximum atomic E-state index is 11.8. The summed E-state index contributed by atoms with van der Waals surface area (Å²) in [5, 5.41) is 3.05. The summed E-state index contributed by atoms with van der Waals surface area (Å²) in [6, 6.07) is 0.367. The average molecular weight is 284 g/mol. The number of rotatable bonds is 7. The molecule has 1 amide bonds. The molecule has 0 radical (unpaired) electrons. The Morgan fingerprint density at radius 2 is 1.95 bits per heavy atom. The molecule has 5 heteroatoms. The summed E-state index contributed by atoms with van der Waals surface area (Å²) in [6.45, 7) is 4.22. The monoisotopic (exact) mass is 284 g/mol. The fourth-order valence-corrected chi connectivity index (χ4v) is 2.62. The van der Waals surface area contributed by atoms with Crippen LogP contribution >= 0.6 is 0 Å². The Bertz CT molecular complexity index is 310. The zero-order valence-electron chi connectivity index (χ0n) is 12.7. The van der Waals surface area contributed by atoms with Crippen LogP contribution in [0, 0.1) is 5.92 Å². The Hall–Kier alpha value is -1.10. The van der Waals surface area contributed by atoms with Gasteiger partial charge in [-0.2, -0.15) is 0 Å². The molecule has 5 nitrogen and oxygen atoms in total. The van der Waals surface area contributed by atoms with Gasteiger partial charge in [-0.15, -0.1) is 0 Å². The van der Waals surface area contributed by atoms with Gasteiger partial charge in [0.25, 0.3) is 0 Å². The second-order valence-corrected chi connectivity index (χ2v) is 5.74. The number of hydrogen-bond donors (Lipinski definition) is 2. The molecule has 0 bridgehead atoms. The molecule has 20 heavy (non-hydrogen) atoms. The van der Waals surface area contributed by atoms with E-state index in [-0.39, 0.29) is 29.9 Å². The largest absolute Gasteiger partial charge is 0.466 e. The smallest absolute Gasteiger partial charge is 0.308 e. The van der Waals surface area contributed by atoms with Crippen molar-refractivity contribution in [3.05, 3.63) is 0 Å². The molecular formula is C15H28N2O3. The van der Waals surface area contributed by atoms with Gasteiger partial charge in [0.1, 0.15) is 0 Å². The highest BCUT2D eigenvalue weighted by molar-refractivity contribution is 5.76. The third kappa shape index (κ3) is 6.37. The fourth-order valence-electron chi connectivity index (χ4n) is 2.62. The minimum absolute atomic E-state index is 0.0150. The summed E-state index contributed by atoms with van der Waals surface area (Å²) in [5.41, 5.74) is 5.66. The molecule has 1 aliphatic carbocycles. The molecule has 0 saturated heterocycles. The maximum absolute atomic E-state index is 11.8. The van der Waals surface area contributed by atoms with Crippen LogP contribution in [0.2, 0.25) is 0 Å². The van der Waals surface area contributed by atoms with Gasteiger partial charge in [0, 0.05) is 18.5 Å². The van der Waals surface area contributed by atoms with Gasteiger partial charge in [0.05, 0.1) is 12.5 Å². The second kappa shape index (κ2) is 8.95. The third-order valence-electron chi connectivity index (χ3n) is 3.78. The van der Waals surface area contributed by atoms with E-state index in [1.807, 2.05) is 13.8 Å². The molecule has 1 saturated carbocycles. The number of esters is 1. The van der Waals surface area contributed by atoms with Crippen LogP contribution in [0.15, 0.2) is 0 Å². The van der Waals surface area contributed by atoms with E-state index in [1.165, 1.54) is 0 Å². The summed E-state index contributed by atoms with van der Waals surface area (Å²) in [4.78, 5) is 23.4. The van der Waals surface area contributed by atoms with Crippen LogP contribution in [-0.4, -0.2) is 30.6 Å². The van der Waals surface area contributed by atoms with Crippen LogP contribution in [0.25, 0.3) is 0 Å². The van der Waals surface area contributed by atoms with E-state index in [2.05, 4.69) is 5.32 Å². The number of hydrogen-bond acceptors (Lipinski definition) is 4. The van der Waals surface area contributed by atoms with E-state index >= 15 is 0 Å². The Morgan fingerprint density at radius 1 is 1.30 bits per heavy atom. The maximum Gasteiger partial charge on any atom is 0.308 e. The van der Waals surface area contributed by atoms with E-state index in [4.69, 9.17) is 10.5 Å². The normalized spacial score (nSPS) is 23.9. The first-order valence-electron chi connectivity index (χ1n) is 7.74. The van der Waals surface area contributed by atoms with Crippen molar-refractivity contribution in [2.24, 2.45) is 11.7 Å². The Kier molecular flexibility index (Phi) is 7.59. The molecule has 0 spiro atoms. The van der Waals surface area contributed by atoms with Gasteiger partial charge in [-0.25, -0.2) is 0 Å². The van der Waals surface area contributed by atoms with Gasteiger partial charge in [-0.05, 0) is 52.4 Å². The Morgan fingerprint density at radius 3 is 2.50 bits per heavy atom. The van der Waals surface area contributed by atoms with Crippen molar-refractivity contribution in [3.63, 3.8) is 0 Å². The van der Waals surface area contributed by atoms with E-state index in [0.29, 0.717) is 13.0 Å². The van der Waals surface area contributed by atoms with Crippen molar-refractivity contribution in [3.8, 4) is 0 Å². The summed E-state index contributed by atoms with van der Waals surface area (Å²) in [5.74, 6) is 0.0284. The number of nitrogens with one attached hydrogen (secondary N) is 1. The van der Waals surface area contributed by atoms with Crippen LogP contribution in [0.5, 0.6) is 0 Å². The zero-order valence-corrected chi connectivity index (χ0v) is 12.7. The van der Waals surface area contributed by atoms with Crippen molar-refractivity contribution in [2.75, 3.05) is 6.61 Å². The standard InChI is InChI=1S/C15H28N2O3/c1-3-20-15(19)12-7-9-13(10-8-12)17-14(18)6-4-5-11(2)16/h11-13H,3-10,16H2,1-2H3,(H,17,18). The lowest BCUT2D eigenvalue weighted by atomic mass is 9.86. The van der Waals surface area contributed by atoms with Gasteiger partial charge in [-0.3, -0.25) is 9.59 Å². The summed E-state index contributed by atoms with van der Waals surface area (Å²) in [7, 11) is 0. The zero-order chi connectivity index (χ0) is 15.0. The van der Waals surface area contributed by atoms with E-state index in [1.54, 1.807) is 0 Å². The van der Waals surface area contributed by atoms with Gasteiger partial charge in [-0.1, -0.05) is 0 Å². The molecule has 3 N–H and O–H groups in total. The average Bonchev–Trinajstić information content (AvgIpc) is 2.39. The van der Waals surface area contributed by atoms with Gasteiger partial charge >= 0.3 is 5.97 Å². The molecule has 0 aromatic heterocycles. The minimum Gasteiger partial charge on any atom is -0.466 e. The van der Waals surface area contributed by atoms with Crippen LogP contribution in [0.3, 0.4) is 0 Å². The predicted molar refractivity (Wildman–Crippen MR) is 78.0 cm³/mol. The van der Waals surface area contributed by atoms with E-state index in [9.17, 15) is 9.59 Å². The van der Waals surface area contributed by atoms with Crippen molar-refractivity contribution >= 4 is 11.9 Å². The molecule has 1 rings (SSSR count). The quantitative estimate of drug-likeness (QED) is 0.698. The lowest BCUT2D eigenvalue weighted by molar-refractivity contribution is -0.149. The number of carbonyl (C=O) groups is 2. The molecule has 1 unspecified atom stereocenters. The number of amides is 1. The third-order valence-corrected chi connectivity index (χ3v) is 3.78. The van der Waals surface area contributed by atoms with E-state index in [0.717, 1.165) is 38.5 Å². The lowest BCUT2D eigenvalue weighted by Crippen LogP contribution is -2.39.